The minimum absolute atomic E-state index is 0.120. The number of nitrogens with one attached hydrogen (secondary N) is 1. The summed E-state index contributed by atoms with van der Waals surface area (Å²) >= 11 is 2.95. The molecule has 0 aliphatic carbocycles. The summed E-state index contributed by atoms with van der Waals surface area (Å²) in [6, 6.07) is 3.60. The Balaban J connectivity index is 2.71. The summed E-state index contributed by atoms with van der Waals surface area (Å²) in [5.41, 5.74) is 0. The summed E-state index contributed by atoms with van der Waals surface area (Å²) in [5.74, 6) is -0.633. The molecule has 0 fully saturated rings. The predicted molar refractivity (Wildman–Crippen MR) is 70.2 cm³/mol. The standard InChI is InChI=1S/C11H15BrFNO3S/c1-2-8(15)5-6-14-18(16,17)9-3-4-10(12)11(13)7-9/h3-4,7-8,14-15H,2,5-6H2,1H3. The lowest BCUT2D eigenvalue weighted by Gasteiger charge is -2.09. The number of benzene rings is 1. The van der Waals surface area contributed by atoms with Crippen LogP contribution in [0, 0.1) is 5.82 Å². The Labute approximate surface area is 114 Å². The highest BCUT2D eigenvalue weighted by atomic mass is 79.9. The van der Waals surface area contributed by atoms with Crippen LogP contribution in [0.5, 0.6) is 0 Å². The van der Waals surface area contributed by atoms with Gasteiger partial charge in [0.05, 0.1) is 15.5 Å². The van der Waals surface area contributed by atoms with Gasteiger partial charge in [-0.2, -0.15) is 0 Å². The van der Waals surface area contributed by atoms with E-state index >= 15 is 0 Å². The van der Waals surface area contributed by atoms with Gasteiger partial charge in [-0.3, -0.25) is 0 Å². The van der Waals surface area contributed by atoms with Crippen molar-refractivity contribution in [2.24, 2.45) is 0 Å². The Morgan fingerprint density at radius 1 is 1.50 bits per heavy atom. The van der Waals surface area contributed by atoms with E-state index in [2.05, 4.69) is 20.7 Å². The first-order chi connectivity index (χ1) is 8.36. The van der Waals surface area contributed by atoms with Gasteiger partial charge in [0.25, 0.3) is 0 Å². The molecule has 0 saturated heterocycles. The molecular formula is C11H15BrFNO3S. The highest BCUT2D eigenvalue weighted by Gasteiger charge is 2.15. The molecule has 102 valence electrons. The topological polar surface area (TPSA) is 66.4 Å². The Morgan fingerprint density at radius 3 is 2.72 bits per heavy atom. The molecule has 0 heterocycles. The van der Waals surface area contributed by atoms with E-state index in [0.717, 1.165) is 6.07 Å². The maximum Gasteiger partial charge on any atom is 0.240 e. The number of halogens is 2. The summed E-state index contributed by atoms with van der Waals surface area (Å²) in [7, 11) is -3.73. The molecule has 0 radical (unpaired) electrons. The van der Waals surface area contributed by atoms with Crippen molar-refractivity contribution in [3.8, 4) is 0 Å². The van der Waals surface area contributed by atoms with Crippen molar-refractivity contribution in [1.82, 2.24) is 4.72 Å². The van der Waals surface area contributed by atoms with Crippen LogP contribution in [0.4, 0.5) is 4.39 Å². The van der Waals surface area contributed by atoms with E-state index in [4.69, 9.17) is 0 Å². The van der Waals surface area contributed by atoms with Crippen LogP contribution in [0.2, 0.25) is 0 Å². The van der Waals surface area contributed by atoms with Crippen LogP contribution >= 0.6 is 15.9 Å². The fourth-order valence-electron chi connectivity index (χ4n) is 1.29. The lowest BCUT2D eigenvalue weighted by atomic mass is 10.2. The minimum Gasteiger partial charge on any atom is -0.393 e. The number of sulfonamides is 1. The van der Waals surface area contributed by atoms with Crippen LogP contribution in [0.15, 0.2) is 27.6 Å². The maximum absolute atomic E-state index is 13.2. The van der Waals surface area contributed by atoms with Crippen molar-refractivity contribution in [3.05, 3.63) is 28.5 Å². The van der Waals surface area contributed by atoms with Gasteiger partial charge < -0.3 is 5.11 Å². The van der Waals surface area contributed by atoms with Gasteiger partial charge in [-0.05, 0) is 47.0 Å². The van der Waals surface area contributed by atoms with Crippen LogP contribution in [-0.2, 0) is 10.0 Å². The Morgan fingerprint density at radius 2 is 2.17 bits per heavy atom. The molecule has 4 nitrogen and oxygen atoms in total. The maximum atomic E-state index is 13.2. The highest BCUT2D eigenvalue weighted by molar-refractivity contribution is 9.10. The van der Waals surface area contributed by atoms with Crippen LogP contribution in [0.3, 0.4) is 0 Å². The highest BCUT2D eigenvalue weighted by Crippen LogP contribution is 2.19. The lowest BCUT2D eigenvalue weighted by Crippen LogP contribution is -2.27. The van der Waals surface area contributed by atoms with E-state index in [0.29, 0.717) is 12.8 Å². The van der Waals surface area contributed by atoms with Gasteiger partial charge >= 0.3 is 0 Å². The molecule has 0 bridgehead atoms. The van der Waals surface area contributed by atoms with Gasteiger partial charge in [0.15, 0.2) is 0 Å². The lowest BCUT2D eigenvalue weighted by molar-refractivity contribution is 0.162. The van der Waals surface area contributed by atoms with Crippen molar-refractivity contribution in [3.63, 3.8) is 0 Å². The Hall–Kier alpha value is -0.500. The summed E-state index contributed by atoms with van der Waals surface area (Å²) in [6.45, 7) is 1.93. The summed E-state index contributed by atoms with van der Waals surface area (Å²) in [5, 5.41) is 9.30. The molecule has 1 rings (SSSR count). The van der Waals surface area contributed by atoms with Crippen LogP contribution in [-0.4, -0.2) is 26.2 Å². The molecule has 0 amide bonds. The van der Waals surface area contributed by atoms with Crippen molar-refractivity contribution in [2.75, 3.05) is 6.54 Å². The van der Waals surface area contributed by atoms with Crippen LogP contribution < -0.4 is 4.72 Å². The van der Waals surface area contributed by atoms with Gasteiger partial charge in [0.1, 0.15) is 5.82 Å². The molecule has 18 heavy (non-hydrogen) atoms. The van der Waals surface area contributed by atoms with E-state index < -0.39 is 21.9 Å². The van der Waals surface area contributed by atoms with Gasteiger partial charge in [-0.15, -0.1) is 0 Å². The van der Waals surface area contributed by atoms with Crippen LogP contribution in [0.25, 0.3) is 0 Å². The second-order valence-electron chi connectivity index (χ2n) is 3.82. The molecular weight excluding hydrogens is 325 g/mol. The third-order valence-electron chi connectivity index (χ3n) is 2.44. The Bertz CT molecular complexity index is 507. The third-order valence-corrected chi connectivity index (χ3v) is 4.54. The average molecular weight is 340 g/mol. The minimum atomic E-state index is -3.73. The van der Waals surface area contributed by atoms with E-state index in [-0.39, 0.29) is 15.9 Å². The zero-order chi connectivity index (χ0) is 13.8. The molecule has 0 aliphatic rings. The second kappa shape index (κ2) is 6.60. The summed E-state index contributed by atoms with van der Waals surface area (Å²) in [4.78, 5) is -0.130. The SMILES string of the molecule is CCC(O)CCNS(=O)(=O)c1ccc(Br)c(F)c1. The zero-order valence-electron chi connectivity index (χ0n) is 9.86. The van der Waals surface area contributed by atoms with Crippen molar-refractivity contribution in [1.29, 1.82) is 0 Å². The van der Waals surface area contributed by atoms with Crippen LogP contribution in [0.1, 0.15) is 19.8 Å². The van der Waals surface area contributed by atoms with Crippen molar-refractivity contribution in [2.45, 2.75) is 30.8 Å². The third kappa shape index (κ3) is 4.31. The fourth-order valence-corrected chi connectivity index (χ4v) is 2.60. The average Bonchev–Trinajstić information content (AvgIpc) is 2.32. The number of aliphatic hydroxyl groups excluding tert-OH is 1. The van der Waals surface area contributed by atoms with E-state index in [1.807, 2.05) is 6.92 Å². The molecule has 7 heteroatoms. The molecule has 0 aromatic heterocycles. The van der Waals surface area contributed by atoms with Gasteiger partial charge in [-0.1, -0.05) is 6.92 Å². The van der Waals surface area contributed by atoms with Crippen molar-refractivity contribution < 1.29 is 17.9 Å². The van der Waals surface area contributed by atoms with Gasteiger partial charge in [0, 0.05) is 6.54 Å². The smallest absolute Gasteiger partial charge is 0.240 e. The number of aliphatic hydroxyl groups is 1. The molecule has 2 N–H and O–H groups in total. The number of hydrogen-bond donors (Lipinski definition) is 2. The quantitative estimate of drug-likeness (QED) is 0.833. The molecule has 1 aromatic carbocycles. The Kier molecular flexibility index (Phi) is 5.71. The number of hydrogen-bond acceptors (Lipinski definition) is 3. The predicted octanol–water partition coefficient (Wildman–Crippen LogP) is 2.03. The largest absolute Gasteiger partial charge is 0.393 e. The number of rotatable bonds is 6. The van der Waals surface area contributed by atoms with Gasteiger partial charge in [-0.25, -0.2) is 17.5 Å². The van der Waals surface area contributed by atoms with E-state index in [9.17, 15) is 17.9 Å². The molecule has 0 spiro atoms. The molecule has 1 atom stereocenters. The summed E-state index contributed by atoms with van der Waals surface area (Å²) in [6.07, 6.45) is 0.359. The summed E-state index contributed by atoms with van der Waals surface area (Å²) < 4.78 is 39.3. The molecule has 0 saturated carbocycles. The first-order valence-electron chi connectivity index (χ1n) is 5.49. The first kappa shape index (κ1) is 15.6. The van der Waals surface area contributed by atoms with Gasteiger partial charge in [0.2, 0.25) is 10.0 Å². The normalized spacial score (nSPS) is 13.6. The second-order valence-corrected chi connectivity index (χ2v) is 6.45. The molecule has 1 aromatic rings. The molecule has 0 aliphatic heterocycles. The fraction of sp³-hybridized carbons (Fsp3) is 0.455. The van der Waals surface area contributed by atoms with E-state index in [1.54, 1.807) is 0 Å². The first-order valence-corrected chi connectivity index (χ1v) is 7.77. The monoisotopic (exact) mass is 339 g/mol. The zero-order valence-corrected chi connectivity index (χ0v) is 12.3. The molecule has 1 unspecified atom stereocenters. The van der Waals surface area contributed by atoms with Crippen molar-refractivity contribution >= 4 is 26.0 Å². The van der Waals surface area contributed by atoms with E-state index in [1.165, 1.54) is 12.1 Å².